The van der Waals surface area contributed by atoms with Gasteiger partial charge in [-0.3, -0.25) is 0 Å². The SMILES string of the molecule is CC.CCC1CCN(S(C)(=O)=O)CC1. The van der Waals surface area contributed by atoms with E-state index < -0.39 is 10.0 Å². The summed E-state index contributed by atoms with van der Waals surface area (Å²) in [6.07, 6.45) is 4.53. The van der Waals surface area contributed by atoms with Gasteiger partial charge in [-0.1, -0.05) is 27.2 Å². The highest BCUT2D eigenvalue weighted by atomic mass is 32.2. The Bertz CT molecular complexity index is 229. The summed E-state index contributed by atoms with van der Waals surface area (Å²) in [6.45, 7) is 7.61. The van der Waals surface area contributed by atoms with Crippen LogP contribution in [0.1, 0.15) is 40.0 Å². The van der Waals surface area contributed by atoms with Crippen molar-refractivity contribution in [3.63, 3.8) is 0 Å². The molecule has 0 radical (unpaired) electrons. The fourth-order valence-corrected chi connectivity index (χ4v) is 2.52. The van der Waals surface area contributed by atoms with E-state index in [1.807, 2.05) is 13.8 Å². The fourth-order valence-electron chi connectivity index (χ4n) is 1.65. The van der Waals surface area contributed by atoms with Crippen LogP contribution < -0.4 is 0 Å². The second-order valence-electron chi connectivity index (χ2n) is 3.51. The molecule has 0 atom stereocenters. The summed E-state index contributed by atoms with van der Waals surface area (Å²) >= 11 is 0. The van der Waals surface area contributed by atoms with Crippen LogP contribution in [0.15, 0.2) is 0 Å². The Labute approximate surface area is 88.5 Å². The number of sulfonamides is 1. The highest BCUT2D eigenvalue weighted by molar-refractivity contribution is 7.88. The van der Waals surface area contributed by atoms with E-state index >= 15 is 0 Å². The predicted octanol–water partition coefficient (Wildman–Crippen LogP) is 2.09. The first-order valence-corrected chi connectivity index (χ1v) is 7.34. The number of rotatable bonds is 2. The lowest BCUT2D eigenvalue weighted by Crippen LogP contribution is -2.37. The molecule has 1 aliphatic rings. The lowest BCUT2D eigenvalue weighted by atomic mass is 9.96. The van der Waals surface area contributed by atoms with Gasteiger partial charge in [0.2, 0.25) is 10.0 Å². The molecule has 1 fully saturated rings. The van der Waals surface area contributed by atoms with Crippen molar-refractivity contribution in [2.24, 2.45) is 5.92 Å². The van der Waals surface area contributed by atoms with Crippen molar-refractivity contribution in [1.29, 1.82) is 0 Å². The molecular weight excluding hydrogens is 198 g/mol. The Kier molecular flexibility index (Phi) is 6.36. The second kappa shape index (κ2) is 6.40. The van der Waals surface area contributed by atoms with E-state index in [0.717, 1.165) is 31.8 Å². The standard InChI is InChI=1S/C8H17NO2S.C2H6/c1-3-8-4-6-9(7-5-8)12(2,10)11;1-2/h8H,3-7H2,1-2H3;1-2H3. The first-order chi connectivity index (χ1) is 6.54. The summed E-state index contributed by atoms with van der Waals surface area (Å²) in [4.78, 5) is 0. The van der Waals surface area contributed by atoms with Gasteiger partial charge < -0.3 is 0 Å². The number of hydrogen-bond donors (Lipinski definition) is 0. The zero-order valence-corrected chi connectivity index (χ0v) is 10.6. The zero-order valence-electron chi connectivity index (χ0n) is 9.78. The molecule has 0 aromatic carbocycles. The van der Waals surface area contributed by atoms with Crippen LogP contribution in [0.2, 0.25) is 0 Å². The molecule has 0 unspecified atom stereocenters. The summed E-state index contributed by atoms with van der Waals surface area (Å²) in [5.41, 5.74) is 0. The molecule has 14 heavy (non-hydrogen) atoms. The third-order valence-corrected chi connectivity index (χ3v) is 3.92. The van der Waals surface area contributed by atoms with Crippen LogP contribution in [0.5, 0.6) is 0 Å². The molecule has 0 spiro atoms. The topological polar surface area (TPSA) is 37.4 Å². The maximum Gasteiger partial charge on any atom is 0.211 e. The van der Waals surface area contributed by atoms with Gasteiger partial charge in [-0.2, -0.15) is 0 Å². The summed E-state index contributed by atoms with van der Waals surface area (Å²) in [5, 5.41) is 0. The largest absolute Gasteiger partial charge is 0.213 e. The Morgan fingerprint density at radius 1 is 1.21 bits per heavy atom. The predicted molar refractivity (Wildman–Crippen MR) is 60.8 cm³/mol. The summed E-state index contributed by atoms with van der Waals surface area (Å²) in [5.74, 6) is 0.739. The third kappa shape index (κ3) is 4.42. The Morgan fingerprint density at radius 3 is 1.93 bits per heavy atom. The number of piperidine rings is 1. The highest BCUT2D eigenvalue weighted by Gasteiger charge is 2.23. The Balaban J connectivity index is 0.000000791. The first-order valence-electron chi connectivity index (χ1n) is 5.49. The lowest BCUT2D eigenvalue weighted by Gasteiger charge is -2.29. The van der Waals surface area contributed by atoms with Crippen molar-refractivity contribution in [3.05, 3.63) is 0 Å². The van der Waals surface area contributed by atoms with E-state index in [4.69, 9.17) is 0 Å². The van der Waals surface area contributed by atoms with Crippen LogP contribution in [0.3, 0.4) is 0 Å². The zero-order chi connectivity index (χ0) is 11.2. The molecular formula is C10H23NO2S. The average Bonchev–Trinajstić information content (AvgIpc) is 2.20. The Hall–Kier alpha value is -0.0900. The van der Waals surface area contributed by atoms with Gasteiger partial charge in [-0.15, -0.1) is 0 Å². The molecule has 0 amide bonds. The molecule has 0 aliphatic carbocycles. The smallest absolute Gasteiger partial charge is 0.211 e. The van der Waals surface area contributed by atoms with Gasteiger partial charge in [0.1, 0.15) is 0 Å². The van der Waals surface area contributed by atoms with E-state index in [1.54, 1.807) is 4.31 Å². The molecule has 0 aromatic heterocycles. The minimum atomic E-state index is -2.92. The molecule has 0 saturated carbocycles. The van der Waals surface area contributed by atoms with Gasteiger partial charge >= 0.3 is 0 Å². The normalized spacial score (nSPS) is 20.0. The molecule has 1 aliphatic heterocycles. The van der Waals surface area contributed by atoms with Gasteiger partial charge in [0.25, 0.3) is 0 Å². The van der Waals surface area contributed by atoms with E-state index in [-0.39, 0.29) is 0 Å². The molecule has 0 bridgehead atoms. The van der Waals surface area contributed by atoms with Gasteiger partial charge in [0, 0.05) is 13.1 Å². The van der Waals surface area contributed by atoms with Crippen molar-refractivity contribution >= 4 is 10.0 Å². The van der Waals surface area contributed by atoms with Gasteiger partial charge in [-0.25, -0.2) is 12.7 Å². The van der Waals surface area contributed by atoms with Crippen LogP contribution in [-0.2, 0) is 10.0 Å². The minimum Gasteiger partial charge on any atom is -0.213 e. The second-order valence-corrected chi connectivity index (χ2v) is 5.50. The van der Waals surface area contributed by atoms with Crippen molar-refractivity contribution in [1.82, 2.24) is 4.31 Å². The summed E-state index contributed by atoms with van der Waals surface area (Å²) in [6, 6.07) is 0. The molecule has 1 rings (SSSR count). The maximum absolute atomic E-state index is 11.1. The van der Waals surface area contributed by atoms with Crippen LogP contribution in [0, 0.1) is 5.92 Å². The van der Waals surface area contributed by atoms with E-state index in [1.165, 1.54) is 12.7 Å². The monoisotopic (exact) mass is 221 g/mol. The lowest BCUT2D eigenvalue weighted by molar-refractivity contribution is 0.270. The van der Waals surface area contributed by atoms with Crippen molar-refractivity contribution in [2.75, 3.05) is 19.3 Å². The minimum absolute atomic E-state index is 0.720. The van der Waals surface area contributed by atoms with Crippen LogP contribution in [-0.4, -0.2) is 32.1 Å². The third-order valence-electron chi connectivity index (χ3n) is 2.62. The average molecular weight is 221 g/mol. The quantitative estimate of drug-likeness (QED) is 0.716. The maximum atomic E-state index is 11.1. The number of nitrogens with zero attached hydrogens (tertiary/aromatic N) is 1. The van der Waals surface area contributed by atoms with E-state index in [9.17, 15) is 8.42 Å². The van der Waals surface area contributed by atoms with Crippen LogP contribution >= 0.6 is 0 Å². The molecule has 0 N–H and O–H groups in total. The fraction of sp³-hybridized carbons (Fsp3) is 1.00. The molecule has 86 valence electrons. The van der Waals surface area contributed by atoms with Gasteiger partial charge in [-0.05, 0) is 18.8 Å². The van der Waals surface area contributed by atoms with Crippen molar-refractivity contribution in [3.8, 4) is 0 Å². The first kappa shape index (κ1) is 13.9. The molecule has 1 saturated heterocycles. The highest BCUT2D eigenvalue weighted by Crippen LogP contribution is 2.21. The van der Waals surface area contributed by atoms with E-state index in [0.29, 0.717) is 0 Å². The Morgan fingerprint density at radius 2 is 1.64 bits per heavy atom. The van der Waals surface area contributed by atoms with Crippen molar-refractivity contribution in [2.45, 2.75) is 40.0 Å². The van der Waals surface area contributed by atoms with Crippen LogP contribution in [0.25, 0.3) is 0 Å². The number of hydrogen-bond acceptors (Lipinski definition) is 2. The van der Waals surface area contributed by atoms with E-state index in [2.05, 4.69) is 6.92 Å². The summed E-state index contributed by atoms with van der Waals surface area (Å²) in [7, 11) is -2.92. The summed E-state index contributed by atoms with van der Waals surface area (Å²) < 4.78 is 23.8. The molecule has 1 heterocycles. The van der Waals surface area contributed by atoms with Crippen LogP contribution in [0.4, 0.5) is 0 Å². The van der Waals surface area contributed by atoms with Crippen molar-refractivity contribution < 1.29 is 8.42 Å². The van der Waals surface area contributed by atoms with Gasteiger partial charge in [0.05, 0.1) is 6.26 Å². The molecule has 4 heteroatoms. The van der Waals surface area contributed by atoms with Gasteiger partial charge in [0.15, 0.2) is 0 Å². The molecule has 0 aromatic rings. The molecule has 3 nitrogen and oxygen atoms in total.